The van der Waals surface area contributed by atoms with Crippen LogP contribution in [0.3, 0.4) is 0 Å². The van der Waals surface area contributed by atoms with Crippen molar-refractivity contribution in [2.75, 3.05) is 0 Å². The van der Waals surface area contributed by atoms with Gasteiger partial charge in [0.15, 0.2) is 0 Å². The third kappa shape index (κ3) is 3.45. The summed E-state index contributed by atoms with van der Waals surface area (Å²) in [6.45, 7) is 0. The molecular weight excluding hydrogens is 288 g/mol. The molecule has 0 spiro atoms. The smallest absolute Gasteiger partial charge is 0.132 e. The summed E-state index contributed by atoms with van der Waals surface area (Å²) in [5.74, 6) is -4.66. The number of aromatic hydroxyl groups is 2. The molecule has 0 atom stereocenters. The molecule has 2 aromatic carbocycles. The molecule has 0 saturated heterocycles. The predicted molar refractivity (Wildman–Crippen MR) is 68.1 cm³/mol. The van der Waals surface area contributed by atoms with Crippen LogP contribution < -0.4 is 0 Å². The second-order valence-electron chi connectivity index (χ2n) is 4.63. The maximum atomic E-state index is 13.5. The van der Waals surface area contributed by atoms with Gasteiger partial charge in [-0.15, -0.1) is 0 Å². The second kappa shape index (κ2) is 6.03. The van der Waals surface area contributed by atoms with Gasteiger partial charge >= 0.3 is 0 Å². The van der Waals surface area contributed by atoms with Gasteiger partial charge in [-0.2, -0.15) is 0 Å². The lowest BCUT2D eigenvalue weighted by atomic mass is 10.0. The van der Waals surface area contributed by atoms with Crippen molar-refractivity contribution in [3.63, 3.8) is 0 Å². The lowest BCUT2D eigenvalue weighted by molar-refractivity contribution is 0.454. The molecule has 0 aromatic heterocycles. The summed E-state index contributed by atoms with van der Waals surface area (Å²) in [5.41, 5.74) is -0.486. The Labute approximate surface area is 118 Å². The van der Waals surface area contributed by atoms with E-state index in [1.54, 1.807) is 0 Å². The molecule has 0 fully saturated rings. The van der Waals surface area contributed by atoms with Crippen molar-refractivity contribution < 1.29 is 27.8 Å². The molecule has 0 saturated carbocycles. The highest BCUT2D eigenvalue weighted by molar-refractivity contribution is 5.31. The molecule has 0 radical (unpaired) electrons. The molecule has 6 heteroatoms. The maximum Gasteiger partial charge on any atom is 0.132 e. The lowest BCUT2D eigenvalue weighted by Gasteiger charge is -2.08. The van der Waals surface area contributed by atoms with Gasteiger partial charge in [0, 0.05) is 35.4 Å². The number of phenolic OH excluding ortho intramolecular Hbond substituents is 2. The third-order valence-electron chi connectivity index (χ3n) is 3.11. The molecule has 0 heterocycles. The normalized spacial score (nSPS) is 10.9. The minimum atomic E-state index is -0.904. The number of rotatable bonds is 4. The molecule has 21 heavy (non-hydrogen) atoms. The average molecular weight is 300 g/mol. The van der Waals surface area contributed by atoms with Crippen LogP contribution >= 0.6 is 0 Å². The molecule has 0 aliphatic carbocycles. The molecule has 2 nitrogen and oxygen atoms in total. The van der Waals surface area contributed by atoms with Crippen molar-refractivity contribution in [2.24, 2.45) is 0 Å². The fourth-order valence-corrected chi connectivity index (χ4v) is 2.10. The first-order chi connectivity index (χ1) is 9.88. The first kappa shape index (κ1) is 15.2. The van der Waals surface area contributed by atoms with E-state index in [0.29, 0.717) is 0 Å². The standard InChI is InChI=1S/C15H12F4O2/c16-12-4-8(20)5-13(17)10(12)2-1-3-11-14(18)6-9(21)7-15(11)19/h4-7,20-21H,1-3H2. The molecule has 0 bridgehead atoms. The van der Waals surface area contributed by atoms with E-state index < -0.39 is 34.8 Å². The van der Waals surface area contributed by atoms with Crippen LogP contribution in [-0.2, 0) is 12.8 Å². The Morgan fingerprint density at radius 3 is 1.19 bits per heavy atom. The number of hydrogen-bond donors (Lipinski definition) is 2. The largest absolute Gasteiger partial charge is 0.508 e. The Morgan fingerprint density at radius 1 is 0.619 bits per heavy atom. The van der Waals surface area contributed by atoms with Gasteiger partial charge in [0.05, 0.1) is 0 Å². The predicted octanol–water partition coefficient (Wildman–Crippen LogP) is 3.83. The Balaban J connectivity index is 2.09. The van der Waals surface area contributed by atoms with Crippen LogP contribution in [0.5, 0.6) is 11.5 Å². The van der Waals surface area contributed by atoms with Crippen molar-refractivity contribution in [1.82, 2.24) is 0 Å². The summed E-state index contributed by atoms with van der Waals surface area (Å²) in [4.78, 5) is 0. The van der Waals surface area contributed by atoms with Crippen molar-refractivity contribution in [3.05, 3.63) is 58.7 Å². The van der Waals surface area contributed by atoms with Crippen molar-refractivity contribution in [3.8, 4) is 11.5 Å². The quantitative estimate of drug-likeness (QED) is 0.843. The number of phenols is 2. The van der Waals surface area contributed by atoms with Crippen LogP contribution in [0.2, 0.25) is 0 Å². The number of benzene rings is 2. The lowest BCUT2D eigenvalue weighted by Crippen LogP contribution is -2.00. The molecular formula is C15H12F4O2. The van der Waals surface area contributed by atoms with Gasteiger partial charge in [0.2, 0.25) is 0 Å². The third-order valence-corrected chi connectivity index (χ3v) is 3.11. The average Bonchev–Trinajstić information content (AvgIpc) is 2.34. The van der Waals surface area contributed by atoms with Gasteiger partial charge in [0.1, 0.15) is 34.8 Å². The summed E-state index contributed by atoms with van der Waals surface area (Å²) in [6.07, 6.45) is -0.0351. The van der Waals surface area contributed by atoms with Gasteiger partial charge < -0.3 is 10.2 Å². The van der Waals surface area contributed by atoms with E-state index in [4.69, 9.17) is 10.2 Å². The van der Waals surface area contributed by atoms with Crippen molar-refractivity contribution in [1.29, 1.82) is 0 Å². The minimum absolute atomic E-state index is 0.0717. The molecule has 0 amide bonds. The number of hydrogen-bond acceptors (Lipinski definition) is 2. The summed E-state index contributed by atoms with van der Waals surface area (Å²) in [6, 6.07) is 3.11. The van der Waals surface area contributed by atoms with Crippen LogP contribution in [0.25, 0.3) is 0 Å². The van der Waals surface area contributed by atoms with Gasteiger partial charge in [-0.05, 0) is 19.3 Å². The van der Waals surface area contributed by atoms with Crippen molar-refractivity contribution >= 4 is 0 Å². The molecule has 2 rings (SSSR count). The van der Waals surface area contributed by atoms with E-state index in [9.17, 15) is 17.6 Å². The highest BCUT2D eigenvalue weighted by Crippen LogP contribution is 2.24. The van der Waals surface area contributed by atoms with E-state index in [1.807, 2.05) is 0 Å². The second-order valence-corrected chi connectivity index (χ2v) is 4.63. The summed E-state index contributed by atoms with van der Waals surface area (Å²) >= 11 is 0. The van der Waals surface area contributed by atoms with Crippen molar-refractivity contribution in [2.45, 2.75) is 19.3 Å². The Morgan fingerprint density at radius 2 is 0.905 bits per heavy atom. The molecule has 112 valence electrons. The first-order valence-corrected chi connectivity index (χ1v) is 6.22. The first-order valence-electron chi connectivity index (χ1n) is 6.22. The van der Waals surface area contributed by atoms with Gasteiger partial charge in [-0.1, -0.05) is 0 Å². The zero-order valence-electron chi connectivity index (χ0n) is 10.8. The van der Waals surface area contributed by atoms with Crippen LogP contribution in [0.1, 0.15) is 17.5 Å². The maximum absolute atomic E-state index is 13.5. The van der Waals surface area contributed by atoms with Gasteiger partial charge in [0.25, 0.3) is 0 Å². The zero-order valence-corrected chi connectivity index (χ0v) is 10.8. The summed E-state index contributed by atoms with van der Waals surface area (Å²) < 4.78 is 53.9. The van der Waals surface area contributed by atoms with Crippen LogP contribution in [0.15, 0.2) is 24.3 Å². The fourth-order valence-electron chi connectivity index (χ4n) is 2.10. The van der Waals surface area contributed by atoms with E-state index in [2.05, 4.69) is 0 Å². The summed E-state index contributed by atoms with van der Waals surface area (Å²) in [5, 5.41) is 18.0. The monoisotopic (exact) mass is 300 g/mol. The molecule has 2 N–H and O–H groups in total. The van der Waals surface area contributed by atoms with E-state index in [1.165, 1.54) is 0 Å². The Hall–Kier alpha value is -2.24. The highest BCUT2D eigenvalue weighted by atomic mass is 19.1. The Kier molecular flexibility index (Phi) is 4.35. The minimum Gasteiger partial charge on any atom is -0.508 e. The van der Waals surface area contributed by atoms with Crippen LogP contribution in [-0.4, -0.2) is 10.2 Å². The Bertz CT molecular complexity index is 567. The topological polar surface area (TPSA) is 40.5 Å². The van der Waals surface area contributed by atoms with E-state index >= 15 is 0 Å². The number of halogens is 4. The van der Waals surface area contributed by atoms with Gasteiger partial charge in [-0.3, -0.25) is 0 Å². The zero-order chi connectivity index (χ0) is 15.6. The fraction of sp³-hybridized carbons (Fsp3) is 0.200. The SMILES string of the molecule is Oc1cc(F)c(CCCc2c(F)cc(O)cc2F)c(F)c1. The molecule has 2 aromatic rings. The van der Waals surface area contributed by atoms with Gasteiger partial charge in [-0.25, -0.2) is 17.6 Å². The molecule has 0 aliphatic heterocycles. The van der Waals surface area contributed by atoms with E-state index in [-0.39, 0.29) is 30.4 Å². The van der Waals surface area contributed by atoms with Crippen LogP contribution in [0, 0.1) is 23.3 Å². The highest BCUT2D eigenvalue weighted by Gasteiger charge is 2.14. The summed E-state index contributed by atoms with van der Waals surface area (Å²) in [7, 11) is 0. The molecule has 0 unspecified atom stereocenters. The van der Waals surface area contributed by atoms with Crippen LogP contribution in [0.4, 0.5) is 17.6 Å². The molecule has 0 aliphatic rings. The van der Waals surface area contributed by atoms with E-state index in [0.717, 1.165) is 24.3 Å².